The van der Waals surface area contributed by atoms with Crippen LogP contribution in [0.3, 0.4) is 0 Å². The van der Waals surface area contributed by atoms with Crippen LogP contribution < -0.4 is 0 Å². The largest absolute Gasteiger partial charge is 0.508 e. The number of hydrogen-bond acceptors (Lipinski definition) is 2. The highest BCUT2D eigenvalue weighted by Gasteiger charge is 2.20. The summed E-state index contributed by atoms with van der Waals surface area (Å²) in [7, 11) is 0. The number of phenolic OH excluding ortho intramolecular Hbond substituents is 1. The van der Waals surface area contributed by atoms with Crippen LogP contribution in [0.5, 0.6) is 5.75 Å². The lowest BCUT2D eigenvalue weighted by Crippen LogP contribution is -2.05. The maximum absolute atomic E-state index is 13.2. The zero-order valence-corrected chi connectivity index (χ0v) is 11.3. The van der Waals surface area contributed by atoms with E-state index in [1.807, 2.05) is 30.3 Å². The van der Waals surface area contributed by atoms with Gasteiger partial charge in [0.15, 0.2) is 0 Å². The van der Waals surface area contributed by atoms with E-state index in [1.165, 1.54) is 12.1 Å². The first-order valence-corrected chi connectivity index (χ1v) is 6.70. The van der Waals surface area contributed by atoms with Crippen LogP contribution in [0.15, 0.2) is 72.9 Å². The van der Waals surface area contributed by atoms with Crippen molar-refractivity contribution in [1.82, 2.24) is 4.98 Å². The molecule has 0 amide bonds. The predicted octanol–water partition coefficient (Wildman–Crippen LogP) is 4.11. The summed E-state index contributed by atoms with van der Waals surface area (Å²) >= 11 is 0. The molecule has 3 aromatic rings. The van der Waals surface area contributed by atoms with Crippen LogP contribution in [-0.4, -0.2) is 10.1 Å². The standard InChI is InChI=1S/C18H14FNO/c19-14-10-8-13(9-11-14)18(16-6-3-4-12-20-16)15-5-1-2-7-17(15)21/h1-12,18,21H. The number of benzene rings is 2. The molecule has 1 heterocycles. The van der Waals surface area contributed by atoms with Crippen molar-refractivity contribution in [3.05, 3.63) is 95.6 Å². The second kappa shape index (κ2) is 5.75. The normalized spacial score (nSPS) is 12.0. The third kappa shape index (κ3) is 2.77. The van der Waals surface area contributed by atoms with Gasteiger partial charge < -0.3 is 5.11 Å². The van der Waals surface area contributed by atoms with Crippen molar-refractivity contribution in [3.8, 4) is 5.75 Å². The minimum atomic E-state index is -0.282. The Balaban J connectivity index is 2.16. The molecule has 1 N–H and O–H groups in total. The van der Waals surface area contributed by atoms with Gasteiger partial charge >= 0.3 is 0 Å². The first-order valence-electron chi connectivity index (χ1n) is 6.70. The van der Waals surface area contributed by atoms with Crippen LogP contribution in [0.25, 0.3) is 0 Å². The van der Waals surface area contributed by atoms with Gasteiger partial charge in [0.25, 0.3) is 0 Å². The molecule has 2 nitrogen and oxygen atoms in total. The number of hydrogen-bond donors (Lipinski definition) is 1. The van der Waals surface area contributed by atoms with Gasteiger partial charge in [-0.3, -0.25) is 4.98 Å². The lowest BCUT2D eigenvalue weighted by molar-refractivity contribution is 0.467. The molecule has 0 radical (unpaired) electrons. The van der Waals surface area contributed by atoms with Crippen molar-refractivity contribution >= 4 is 0 Å². The first kappa shape index (κ1) is 13.3. The molecule has 0 fully saturated rings. The molecule has 21 heavy (non-hydrogen) atoms. The summed E-state index contributed by atoms with van der Waals surface area (Å²) in [6.07, 6.45) is 1.71. The Hall–Kier alpha value is -2.68. The van der Waals surface area contributed by atoms with Gasteiger partial charge in [-0.2, -0.15) is 0 Å². The number of nitrogens with zero attached hydrogens (tertiary/aromatic N) is 1. The van der Waals surface area contributed by atoms with Crippen molar-refractivity contribution < 1.29 is 9.50 Å². The Labute approximate surface area is 122 Å². The molecule has 0 aliphatic carbocycles. The molecule has 2 aromatic carbocycles. The fraction of sp³-hybridized carbons (Fsp3) is 0.0556. The van der Waals surface area contributed by atoms with E-state index >= 15 is 0 Å². The number of rotatable bonds is 3. The van der Waals surface area contributed by atoms with Crippen LogP contribution >= 0.6 is 0 Å². The molecule has 0 bridgehead atoms. The number of halogens is 1. The molecule has 0 aliphatic rings. The maximum Gasteiger partial charge on any atom is 0.123 e. The molecule has 0 saturated carbocycles. The zero-order valence-electron chi connectivity index (χ0n) is 11.3. The van der Waals surface area contributed by atoms with Crippen molar-refractivity contribution in [1.29, 1.82) is 0 Å². The fourth-order valence-electron chi connectivity index (χ4n) is 2.44. The molecule has 1 aromatic heterocycles. The van der Waals surface area contributed by atoms with Gasteiger partial charge in [-0.25, -0.2) is 4.39 Å². The first-order chi connectivity index (χ1) is 10.3. The predicted molar refractivity (Wildman–Crippen MR) is 79.7 cm³/mol. The minimum Gasteiger partial charge on any atom is -0.508 e. The van der Waals surface area contributed by atoms with E-state index in [9.17, 15) is 9.50 Å². The Morgan fingerprint density at radius 2 is 1.57 bits per heavy atom. The lowest BCUT2D eigenvalue weighted by Gasteiger charge is -2.18. The summed E-state index contributed by atoms with van der Waals surface area (Å²) in [5.41, 5.74) is 2.45. The molecular weight excluding hydrogens is 265 g/mol. The van der Waals surface area contributed by atoms with Gasteiger partial charge in [-0.1, -0.05) is 36.4 Å². The van der Waals surface area contributed by atoms with Gasteiger partial charge in [-0.15, -0.1) is 0 Å². The molecule has 3 rings (SSSR count). The number of phenols is 1. The molecular formula is C18H14FNO. The second-order valence-electron chi connectivity index (χ2n) is 4.80. The van der Waals surface area contributed by atoms with Gasteiger partial charge in [0.1, 0.15) is 11.6 Å². The van der Waals surface area contributed by atoms with Crippen molar-refractivity contribution in [2.24, 2.45) is 0 Å². The average Bonchev–Trinajstić information content (AvgIpc) is 2.52. The van der Waals surface area contributed by atoms with E-state index < -0.39 is 0 Å². The Kier molecular flexibility index (Phi) is 3.65. The van der Waals surface area contributed by atoms with Crippen LogP contribution in [0.1, 0.15) is 22.7 Å². The summed E-state index contributed by atoms with van der Waals surface area (Å²) in [5.74, 6) is -0.304. The van der Waals surface area contributed by atoms with Crippen LogP contribution in [-0.2, 0) is 0 Å². The van der Waals surface area contributed by atoms with Crippen molar-refractivity contribution in [2.75, 3.05) is 0 Å². The summed E-state index contributed by atoms with van der Waals surface area (Å²) < 4.78 is 13.2. The smallest absolute Gasteiger partial charge is 0.123 e. The Bertz CT molecular complexity index is 726. The van der Waals surface area contributed by atoms with Gasteiger partial charge in [0.05, 0.1) is 11.6 Å². The highest BCUT2D eigenvalue weighted by molar-refractivity contribution is 5.46. The monoisotopic (exact) mass is 279 g/mol. The topological polar surface area (TPSA) is 33.1 Å². The quantitative estimate of drug-likeness (QED) is 0.782. The summed E-state index contributed by atoms with van der Waals surface area (Å²) in [6.45, 7) is 0. The van der Waals surface area contributed by atoms with Gasteiger partial charge in [0, 0.05) is 11.8 Å². The Morgan fingerprint density at radius 1 is 0.857 bits per heavy atom. The van der Waals surface area contributed by atoms with E-state index in [-0.39, 0.29) is 17.5 Å². The van der Waals surface area contributed by atoms with Crippen LogP contribution in [0, 0.1) is 5.82 Å². The van der Waals surface area contributed by atoms with Crippen LogP contribution in [0.2, 0.25) is 0 Å². The van der Waals surface area contributed by atoms with E-state index in [1.54, 1.807) is 30.5 Å². The van der Waals surface area contributed by atoms with Crippen molar-refractivity contribution in [2.45, 2.75) is 5.92 Å². The molecule has 1 atom stereocenters. The number of aromatic hydroxyl groups is 1. The number of aromatic nitrogens is 1. The summed E-state index contributed by atoms with van der Waals surface area (Å²) in [5, 5.41) is 10.2. The maximum atomic E-state index is 13.2. The Morgan fingerprint density at radius 3 is 2.24 bits per heavy atom. The molecule has 0 saturated heterocycles. The van der Waals surface area contributed by atoms with Gasteiger partial charge in [0.2, 0.25) is 0 Å². The van der Waals surface area contributed by atoms with Gasteiger partial charge in [-0.05, 0) is 35.9 Å². The number of para-hydroxylation sites is 1. The third-order valence-electron chi connectivity index (χ3n) is 3.43. The molecule has 3 heteroatoms. The highest BCUT2D eigenvalue weighted by atomic mass is 19.1. The molecule has 1 unspecified atom stereocenters. The van der Waals surface area contributed by atoms with Crippen molar-refractivity contribution in [3.63, 3.8) is 0 Å². The molecule has 0 spiro atoms. The summed E-state index contributed by atoms with van der Waals surface area (Å²) in [6, 6.07) is 19.1. The third-order valence-corrected chi connectivity index (χ3v) is 3.43. The molecule has 104 valence electrons. The average molecular weight is 279 g/mol. The van der Waals surface area contributed by atoms with E-state index in [4.69, 9.17) is 0 Å². The van der Waals surface area contributed by atoms with E-state index in [2.05, 4.69) is 4.98 Å². The summed E-state index contributed by atoms with van der Waals surface area (Å²) in [4.78, 5) is 4.39. The zero-order chi connectivity index (χ0) is 14.7. The van der Waals surface area contributed by atoms with E-state index in [0.717, 1.165) is 16.8 Å². The SMILES string of the molecule is Oc1ccccc1C(c1ccc(F)cc1)c1ccccn1. The highest BCUT2D eigenvalue weighted by Crippen LogP contribution is 2.35. The minimum absolute atomic E-state index is 0.206. The fourth-order valence-corrected chi connectivity index (χ4v) is 2.44. The van der Waals surface area contributed by atoms with E-state index in [0.29, 0.717) is 0 Å². The van der Waals surface area contributed by atoms with Crippen LogP contribution in [0.4, 0.5) is 4.39 Å². The number of pyridine rings is 1. The lowest BCUT2D eigenvalue weighted by atomic mass is 9.87. The second-order valence-corrected chi connectivity index (χ2v) is 4.80. The molecule has 0 aliphatic heterocycles.